The van der Waals surface area contributed by atoms with Crippen molar-refractivity contribution in [1.82, 2.24) is 14.5 Å². The molecule has 0 N–H and O–H groups in total. The summed E-state index contributed by atoms with van der Waals surface area (Å²) < 4.78 is 10.1. The summed E-state index contributed by atoms with van der Waals surface area (Å²) >= 11 is 0. The highest BCUT2D eigenvalue weighted by Gasteiger charge is 2.31. The molecule has 0 spiro atoms. The van der Waals surface area contributed by atoms with Gasteiger partial charge in [-0.25, -0.2) is 9.97 Å². The van der Waals surface area contributed by atoms with Crippen LogP contribution in [0.15, 0.2) is 83.3 Å². The quantitative estimate of drug-likeness (QED) is 0.161. The largest absolute Gasteiger partial charge is 0.457 e. The SMILES string of the molecule is Bc1c(B)c(-n2c3c(B)c(B)c(B)c(B)c3c3c(B)c4c(B)c(B)c(B)c(B)c4c(B)c32)c(B)c(B)c1-c1c(B)c(-c2cc(-c3ccc4ccccc4c3)nc(-c3ccccc3)n2)c2c(oc3c(B)c(B)c(B)c(B)c32)c1B. The molecule has 0 bridgehead atoms. The fraction of sp³-hybridized carbons (Fsp3) is 0. The molecule has 0 aliphatic carbocycles. The molecule has 0 fully saturated rings. The number of hydrogen-bond acceptors (Lipinski definition) is 3. The maximum absolute atomic E-state index is 7.40. The van der Waals surface area contributed by atoms with Crippen LogP contribution >= 0.6 is 0 Å². The van der Waals surface area contributed by atoms with E-state index >= 15 is 0 Å². The lowest BCUT2D eigenvalue weighted by Crippen LogP contribution is -2.50. The van der Waals surface area contributed by atoms with Crippen molar-refractivity contribution in [2.24, 2.45) is 0 Å². The molecule has 9 aromatic carbocycles. The Balaban J connectivity index is 1.22. The minimum atomic E-state index is 0.693. The van der Waals surface area contributed by atoms with E-state index in [4.69, 9.17) is 14.4 Å². The smallest absolute Gasteiger partial charge is 0.160 e. The summed E-state index contributed by atoms with van der Waals surface area (Å²) in [6.45, 7) is 0. The molecule has 0 amide bonds. The van der Waals surface area contributed by atoms with Gasteiger partial charge in [-0.3, -0.25) is 0 Å². The van der Waals surface area contributed by atoms with Crippen LogP contribution in [0.3, 0.4) is 0 Å². The van der Waals surface area contributed by atoms with Gasteiger partial charge in [0.05, 0.1) is 11.4 Å². The van der Waals surface area contributed by atoms with Crippen LogP contribution in [0.4, 0.5) is 0 Å². The second kappa shape index (κ2) is 18.5. The highest BCUT2D eigenvalue weighted by atomic mass is 16.3. The molecule has 0 saturated carbocycles. The summed E-state index contributed by atoms with van der Waals surface area (Å²) in [5.41, 5.74) is 39.3. The van der Waals surface area contributed by atoms with Crippen LogP contribution in [0.1, 0.15) is 0 Å². The zero-order valence-corrected chi connectivity index (χ0v) is 49.8. The van der Waals surface area contributed by atoms with Gasteiger partial charge in [-0.2, -0.15) is 0 Å². The Hall–Kier alpha value is -6.52. The first-order valence-corrected chi connectivity index (χ1v) is 28.0. The fourth-order valence-electron chi connectivity index (χ4n) is 14.3. The Morgan fingerprint density at radius 3 is 1.40 bits per heavy atom. The van der Waals surface area contributed by atoms with Crippen LogP contribution in [-0.2, 0) is 0 Å². The minimum absolute atomic E-state index is 0.693. The average molecular weight is 976 g/mol. The van der Waals surface area contributed by atoms with Crippen molar-refractivity contribution in [1.29, 1.82) is 0 Å². The average Bonchev–Trinajstić information content (AvgIpc) is 3.71. The highest BCUT2D eigenvalue weighted by molar-refractivity contribution is 6.75. The predicted octanol–water partition coefficient (Wildman–Crippen LogP) is -20.4. The fourth-order valence-corrected chi connectivity index (χ4v) is 14.3. The highest BCUT2D eigenvalue weighted by Crippen LogP contribution is 2.38. The van der Waals surface area contributed by atoms with Gasteiger partial charge < -0.3 is 8.98 Å². The number of rotatable bonds is 5. The van der Waals surface area contributed by atoms with E-state index in [0.29, 0.717) is 5.82 Å². The van der Waals surface area contributed by atoms with E-state index in [0.717, 1.165) is 55.5 Å². The van der Waals surface area contributed by atoms with E-state index in [2.05, 4.69) is 240 Å². The van der Waals surface area contributed by atoms with Crippen LogP contribution in [0.25, 0.3) is 116 Å². The summed E-state index contributed by atoms with van der Waals surface area (Å²) in [4.78, 5) is 11.0. The third-order valence-electron chi connectivity index (χ3n) is 19.9. The van der Waals surface area contributed by atoms with Crippen LogP contribution in [0.2, 0.25) is 0 Å². The first-order chi connectivity index (χ1) is 37.1. The molecule has 0 aliphatic heterocycles. The van der Waals surface area contributed by atoms with Crippen molar-refractivity contribution in [3.63, 3.8) is 0 Å². The zero-order chi connectivity index (χ0) is 55.6. The molecule has 0 unspecified atom stereocenters. The molecule has 4 nitrogen and oxygen atoms in total. The van der Waals surface area contributed by atoms with Gasteiger partial charge in [0.2, 0.25) is 0 Å². The summed E-state index contributed by atoms with van der Waals surface area (Å²) in [5, 5.41) is 10.2. The first-order valence-electron chi connectivity index (χ1n) is 28.0. The molecule has 78 heavy (non-hydrogen) atoms. The zero-order valence-electron chi connectivity index (χ0n) is 49.8. The topological polar surface area (TPSA) is 43.9 Å². The van der Waals surface area contributed by atoms with Gasteiger partial charge in [0, 0.05) is 49.6 Å². The summed E-state index contributed by atoms with van der Waals surface area (Å²) in [5.74, 6) is 0.693. The van der Waals surface area contributed by atoms with Gasteiger partial charge in [-0.15, -0.1) is 21.9 Å². The summed E-state index contributed by atoms with van der Waals surface area (Å²) in [6, 6.07) is 27.9. The third kappa shape index (κ3) is 7.15. The lowest BCUT2D eigenvalue weighted by Gasteiger charge is -2.28. The Labute approximate surface area is 476 Å². The first kappa shape index (κ1) is 52.2. The van der Waals surface area contributed by atoms with E-state index in [1.54, 1.807) is 0 Å². The summed E-state index contributed by atoms with van der Waals surface area (Å²) in [6.07, 6.45) is 0. The van der Waals surface area contributed by atoms with Gasteiger partial charge in [0.25, 0.3) is 0 Å². The second-order valence-electron chi connectivity index (χ2n) is 23.4. The molecule has 3 heterocycles. The van der Waals surface area contributed by atoms with Crippen molar-refractivity contribution in [3.8, 4) is 50.7 Å². The Morgan fingerprint density at radius 1 is 0.295 bits per heavy atom. The molecule has 0 radical (unpaired) electrons. The Morgan fingerprint density at radius 2 is 0.769 bits per heavy atom. The lowest BCUT2D eigenvalue weighted by atomic mass is 9.60. The van der Waals surface area contributed by atoms with Crippen molar-refractivity contribution >= 4 is 331 Å². The summed E-state index contributed by atoms with van der Waals surface area (Å²) in [7, 11) is 46.6. The predicted molar refractivity (Wildman–Crippen MR) is 404 cm³/mol. The minimum Gasteiger partial charge on any atom is -0.457 e. The van der Waals surface area contributed by atoms with E-state index in [9.17, 15) is 0 Å². The number of fused-ring (bicyclic) bond motifs is 8. The molecular weight excluding hydrogens is 923 g/mol. The molecular formula is C54H53B20N3O. The van der Waals surface area contributed by atoms with Crippen molar-refractivity contribution in [3.05, 3.63) is 78.9 Å². The van der Waals surface area contributed by atoms with Crippen LogP contribution in [0.5, 0.6) is 0 Å². The maximum Gasteiger partial charge on any atom is 0.160 e. The number of nitrogens with zero attached hydrogens (tertiary/aromatic N) is 3. The van der Waals surface area contributed by atoms with Crippen molar-refractivity contribution in [2.75, 3.05) is 0 Å². The van der Waals surface area contributed by atoms with E-state index < -0.39 is 0 Å². The lowest BCUT2D eigenvalue weighted by molar-refractivity contribution is 0.675. The normalized spacial score (nSPS) is 11.8. The second-order valence-corrected chi connectivity index (χ2v) is 23.4. The molecule has 0 aliphatic rings. The van der Waals surface area contributed by atoms with Crippen LogP contribution in [-0.4, -0.2) is 171 Å². The van der Waals surface area contributed by atoms with Gasteiger partial charge >= 0.3 is 0 Å². The van der Waals surface area contributed by atoms with E-state index in [1.807, 2.05) is 0 Å². The van der Waals surface area contributed by atoms with E-state index in [-0.39, 0.29) is 0 Å². The molecule has 12 aromatic rings. The molecule has 12 rings (SSSR count). The Kier molecular flexibility index (Phi) is 12.4. The van der Waals surface area contributed by atoms with Gasteiger partial charge in [-0.1, -0.05) is 149 Å². The monoisotopic (exact) mass is 980 g/mol. The number of furan rings is 1. The number of aromatic nitrogens is 3. The van der Waals surface area contributed by atoms with Gasteiger partial charge in [0.15, 0.2) is 5.82 Å². The van der Waals surface area contributed by atoms with Crippen LogP contribution < -0.4 is 109 Å². The third-order valence-corrected chi connectivity index (χ3v) is 19.9. The maximum atomic E-state index is 7.40. The molecule has 0 atom stereocenters. The van der Waals surface area contributed by atoms with Gasteiger partial charge in [-0.05, 0) is 55.7 Å². The Bertz CT molecular complexity index is 4720. The molecule has 3 aromatic heterocycles. The van der Waals surface area contributed by atoms with Crippen LogP contribution in [0, 0.1) is 0 Å². The number of hydrogen-bond donors (Lipinski definition) is 0. The number of benzene rings is 9. The molecule has 350 valence electrons. The van der Waals surface area contributed by atoms with Crippen molar-refractivity contribution < 1.29 is 4.42 Å². The molecule has 0 saturated heterocycles. The van der Waals surface area contributed by atoms with E-state index in [1.165, 1.54) is 164 Å². The standard InChI is InChI=1S/C54H53B20N3O/c55-29-20(19-13-18(75-54(76-19)15-7-2-1-3-8-15)17-11-10-14-6-4-5-9-16(14)12-17)21-28-36(62)42(68)44(70)48(74)53(28)78-52(21)38(64)23(29)24-33(59)45(71)51(46(72)34(24)60)77-49-26(27-35(61)41(67)43(69)47(73)50(27)77)30(56)22-25(37(49)63)32(58)40(66)39(65)31(22)57/h1-13H,55-74H2. The van der Waals surface area contributed by atoms with Crippen molar-refractivity contribution in [2.45, 2.75) is 0 Å². The van der Waals surface area contributed by atoms with Gasteiger partial charge in [0.1, 0.15) is 168 Å². The molecule has 24 heteroatoms.